The number of amides is 1. The van der Waals surface area contributed by atoms with Gasteiger partial charge in [-0.25, -0.2) is 13.4 Å². The molecule has 0 saturated carbocycles. The number of aromatic nitrogens is 1. The average Bonchev–Trinajstić information content (AvgIpc) is 3.38. The van der Waals surface area contributed by atoms with Crippen LogP contribution in [0.5, 0.6) is 5.75 Å². The first kappa shape index (κ1) is 34.0. The summed E-state index contributed by atoms with van der Waals surface area (Å²) in [7, 11) is -3.52. The second-order valence-corrected chi connectivity index (χ2v) is 12.5. The number of primary amides is 1. The normalized spacial score (nSPS) is 18.2. The first-order valence-corrected chi connectivity index (χ1v) is 15.2. The zero-order chi connectivity index (χ0) is 33.2. The highest BCUT2D eigenvalue weighted by Gasteiger charge is 2.39. The maximum atomic E-state index is 13.0. The van der Waals surface area contributed by atoms with Crippen molar-refractivity contribution in [2.45, 2.75) is 48.8 Å². The van der Waals surface area contributed by atoms with E-state index in [-0.39, 0.29) is 46.4 Å². The van der Waals surface area contributed by atoms with E-state index in [0.717, 1.165) is 24.3 Å². The molecule has 1 aromatic heterocycles. The topological polar surface area (TPSA) is 132 Å². The second kappa shape index (κ2) is 13.2. The molecule has 2 aromatic carbocycles. The Morgan fingerprint density at radius 1 is 1.04 bits per heavy atom. The third-order valence-electron chi connectivity index (χ3n) is 7.30. The van der Waals surface area contributed by atoms with Crippen molar-refractivity contribution in [2.24, 2.45) is 5.73 Å². The lowest BCUT2D eigenvalue weighted by atomic mass is 9.92. The molecule has 4 rings (SSSR count). The number of pyridine rings is 1. The largest absolute Gasteiger partial charge is 0.522 e. The van der Waals surface area contributed by atoms with E-state index < -0.39 is 65.1 Å². The molecule has 1 saturated heterocycles. The number of ether oxygens (including phenoxy) is 2. The summed E-state index contributed by atoms with van der Waals surface area (Å²) >= 11 is 0. The van der Waals surface area contributed by atoms with Crippen LogP contribution in [-0.2, 0) is 20.8 Å². The molecule has 3 aromatic rings. The van der Waals surface area contributed by atoms with Crippen molar-refractivity contribution in [3.05, 3.63) is 83.0 Å². The van der Waals surface area contributed by atoms with Crippen molar-refractivity contribution >= 4 is 21.6 Å². The van der Waals surface area contributed by atoms with Crippen LogP contribution in [0.3, 0.4) is 0 Å². The molecule has 3 N–H and O–H groups in total. The van der Waals surface area contributed by atoms with Crippen molar-refractivity contribution in [1.82, 2.24) is 4.98 Å². The van der Waals surface area contributed by atoms with Crippen LogP contribution in [0.15, 0.2) is 65.6 Å². The minimum Gasteiger partial charge on any atom is -0.489 e. The van der Waals surface area contributed by atoms with E-state index in [9.17, 15) is 44.7 Å². The molecular formula is C29H29F6N3O6S. The van der Waals surface area contributed by atoms with Gasteiger partial charge in [-0.15, -0.1) is 13.2 Å². The Morgan fingerprint density at radius 2 is 1.69 bits per heavy atom. The minimum atomic E-state index is -4.95. The molecule has 1 amide bonds. The van der Waals surface area contributed by atoms with Crippen molar-refractivity contribution < 1.29 is 54.1 Å². The van der Waals surface area contributed by atoms with E-state index >= 15 is 0 Å². The van der Waals surface area contributed by atoms with Crippen LogP contribution in [0.2, 0.25) is 0 Å². The predicted molar refractivity (Wildman–Crippen MR) is 149 cm³/mol. The highest BCUT2D eigenvalue weighted by molar-refractivity contribution is 7.91. The maximum absolute atomic E-state index is 13.0. The fourth-order valence-electron chi connectivity index (χ4n) is 5.03. The smallest absolute Gasteiger partial charge is 0.489 e. The van der Waals surface area contributed by atoms with Gasteiger partial charge in [-0.3, -0.25) is 9.53 Å². The Hall–Kier alpha value is -3.89. The number of nitrogens with zero attached hydrogens (tertiary/aromatic N) is 2. The number of hydrogen-bond acceptors (Lipinski definition) is 8. The molecule has 244 valence electrons. The molecule has 1 aliphatic rings. The molecule has 0 radical (unpaired) electrons. The summed E-state index contributed by atoms with van der Waals surface area (Å²) in [6.45, 7) is 0.0140. The van der Waals surface area contributed by atoms with Crippen LogP contribution in [0.1, 0.15) is 46.4 Å². The number of anilines is 1. The molecular weight excluding hydrogens is 632 g/mol. The van der Waals surface area contributed by atoms with Gasteiger partial charge in [-0.1, -0.05) is 19.1 Å². The molecule has 1 fully saturated rings. The van der Waals surface area contributed by atoms with Crippen LogP contribution in [0, 0.1) is 0 Å². The van der Waals surface area contributed by atoms with Gasteiger partial charge in [0.1, 0.15) is 17.7 Å². The number of carbonyl (C=O) groups excluding carboxylic acids is 1. The van der Waals surface area contributed by atoms with Gasteiger partial charge in [0.25, 0.3) is 5.91 Å². The summed E-state index contributed by atoms with van der Waals surface area (Å²) in [6.07, 6.45) is -10.3. The maximum Gasteiger partial charge on any atom is 0.522 e. The number of sulfone groups is 1. The fourth-order valence-corrected chi connectivity index (χ4v) is 5.91. The number of carbonyl (C=O) groups is 1. The average molecular weight is 662 g/mol. The molecule has 0 aliphatic carbocycles. The third kappa shape index (κ3) is 8.23. The van der Waals surface area contributed by atoms with Crippen LogP contribution >= 0.6 is 0 Å². The van der Waals surface area contributed by atoms with Crippen molar-refractivity contribution in [3.8, 4) is 5.75 Å². The Bertz CT molecular complexity index is 1600. The van der Waals surface area contributed by atoms with Gasteiger partial charge >= 0.3 is 12.5 Å². The summed E-state index contributed by atoms with van der Waals surface area (Å²) in [5.74, 6) is -1.85. The molecule has 0 bridgehead atoms. The summed E-state index contributed by atoms with van der Waals surface area (Å²) in [6, 6.07) is 11.2. The Labute approximate surface area is 254 Å². The summed E-state index contributed by atoms with van der Waals surface area (Å²) in [5.41, 5.74) is 4.98. The molecule has 1 aliphatic heterocycles. The third-order valence-corrected chi connectivity index (χ3v) is 9.05. The van der Waals surface area contributed by atoms with E-state index in [1.807, 2.05) is 0 Å². The number of nitrogens with two attached hydrogens (primary N) is 1. The van der Waals surface area contributed by atoms with Gasteiger partial charge in [-0.05, 0) is 54.1 Å². The zero-order valence-corrected chi connectivity index (χ0v) is 24.5. The van der Waals surface area contributed by atoms with E-state index in [0.29, 0.717) is 5.56 Å². The van der Waals surface area contributed by atoms with Gasteiger partial charge in [-0.2, -0.15) is 13.2 Å². The lowest BCUT2D eigenvalue weighted by Gasteiger charge is -2.27. The Kier molecular flexibility index (Phi) is 9.99. The van der Waals surface area contributed by atoms with Gasteiger partial charge in [0.15, 0.2) is 9.84 Å². The quantitative estimate of drug-likeness (QED) is 0.284. The first-order valence-electron chi connectivity index (χ1n) is 13.6. The number of alkyl halides is 6. The van der Waals surface area contributed by atoms with E-state index in [4.69, 9.17) is 10.5 Å². The standard InChI is InChI=1S/C29H29F6N3O6S/c1-2-45(41,42)22-9-3-17(4-10-22)24(15-39)26-23(27(36)40)11-12-25(37-26)38-14-21(13-19(38)16-43-29(33,34)35)44-20-7-5-18(6-8-20)28(30,31)32/h3-12,19,21,24,39H,2,13-16H2,1H3,(H2,36,40)/t19-,21-,24+/m0/s1. The van der Waals surface area contributed by atoms with Gasteiger partial charge in [0, 0.05) is 6.42 Å². The molecule has 45 heavy (non-hydrogen) atoms. The first-order chi connectivity index (χ1) is 21.0. The van der Waals surface area contributed by atoms with Crippen molar-refractivity contribution in [1.29, 1.82) is 0 Å². The number of aliphatic hydroxyl groups excluding tert-OH is 1. The molecule has 0 unspecified atom stereocenters. The minimum absolute atomic E-state index is 0.00352. The number of rotatable bonds is 11. The Morgan fingerprint density at radius 3 is 2.22 bits per heavy atom. The molecule has 16 heteroatoms. The van der Waals surface area contributed by atoms with E-state index in [1.54, 1.807) is 0 Å². The number of benzene rings is 2. The highest BCUT2D eigenvalue weighted by Crippen LogP contribution is 2.34. The SMILES string of the molecule is CCS(=O)(=O)c1ccc([C@@H](CO)c2nc(N3C[C@@H](Oc4ccc(C(F)(F)F)cc4)C[C@H]3COC(F)(F)F)ccc2C(N)=O)cc1. The van der Waals surface area contributed by atoms with E-state index in [2.05, 4.69) is 9.72 Å². The van der Waals surface area contributed by atoms with Crippen LogP contribution < -0.4 is 15.4 Å². The van der Waals surface area contributed by atoms with Gasteiger partial charge in [0.05, 0.1) is 59.2 Å². The molecule has 0 spiro atoms. The lowest BCUT2D eigenvalue weighted by molar-refractivity contribution is -0.325. The van der Waals surface area contributed by atoms with Crippen LogP contribution in [0.4, 0.5) is 32.2 Å². The molecule has 3 atom stereocenters. The second-order valence-electron chi connectivity index (χ2n) is 10.2. The van der Waals surface area contributed by atoms with Crippen LogP contribution in [-0.4, -0.2) is 68.4 Å². The zero-order valence-electron chi connectivity index (χ0n) is 23.7. The van der Waals surface area contributed by atoms with Gasteiger partial charge in [0.2, 0.25) is 0 Å². The van der Waals surface area contributed by atoms with Crippen molar-refractivity contribution in [2.75, 3.05) is 30.4 Å². The summed E-state index contributed by atoms with van der Waals surface area (Å²) in [5, 5.41) is 10.3. The monoisotopic (exact) mass is 661 g/mol. The summed E-state index contributed by atoms with van der Waals surface area (Å²) in [4.78, 5) is 18.3. The summed E-state index contributed by atoms with van der Waals surface area (Å²) < 4.78 is 112. The number of hydrogen-bond donors (Lipinski definition) is 2. The highest BCUT2D eigenvalue weighted by atomic mass is 32.2. The van der Waals surface area contributed by atoms with Gasteiger partial charge < -0.3 is 20.5 Å². The Balaban J connectivity index is 1.67. The predicted octanol–water partition coefficient (Wildman–Crippen LogP) is 4.68. The van der Waals surface area contributed by atoms with E-state index in [1.165, 1.54) is 48.2 Å². The molecule has 2 heterocycles. The fraction of sp³-hybridized carbons (Fsp3) is 0.379. The van der Waals surface area contributed by atoms with Crippen LogP contribution in [0.25, 0.3) is 0 Å². The van der Waals surface area contributed by atoms with Crippen molar-refractivity contribution in [3.63, 3.8) is 0 Å². The lowest BCUT2D eigenvalue weighted by Crippen LogP contribution is -2.36. The molecule has 9 nitrogen and oxygen atoms in total. The number of aliphatic hydroxyl groups is 1. The number of halogens is 6.